The molecule has 0 saturated carbocycles. The number of quaternary nitrogens is 2. The van der Waals surface area contributed by atoms with Crippen molar-refractivity contribution in [2.24, 2.45) is 0 Å². The Labute approximate surface area is 251 Å². The van der Waals surface area contributed by atoms with Crippen molar-refractivity contribution in [1.82, 2.24) is 0 Å². The first-order valence-electron chi connectivity index (χ1n) is 16.6. The lowest BCUT2D eigenvalue weighted by Crippen LogP contribution is -2.44. The van der Waals surface area contributed by atoms with Gasteiger partial charge in [-0.15, -0.1) is 0 Å². The van der Waals surface area contributed by atoms with Crippen LogP contribution in [0.15, 0.2) is 0 Å². The van der Waals surface area contributed by atoms with Crippen molar-refractivity contribution < 1.29 is 28.0 Å². The summed E-state index contributed by atoms with van der Waals surface area (Å²) in [5.74, 6) is -0.601. The van der Waals surface area contributed by atoms with E-state index in [0.29, 0.717) is 13.2 Å². The van der Waals surface area contributed by atoms with E-state index in [4.69, 9.17) is 9.47 Å². The molecule has 0 atom stereocenters. The molecule has 238 valence electrons. The predicted molar refractivity (Wildman–Crippen MR) is 177 cm³/mol. The Morgan fingerprint density at radius 2 is 0.825 bits per heavy atom. The molecule has 0 aromatic carbocycles. The minimum absolute atomic E-state index is 0.0978. The van der Waals surface area contributed by atoms with Crippen LogP contribution in [-0.4, -0.2) is 105 Å². The second-order valence-corrected chi connectivity index (χ2v) is 24.8. The van der Waals surface area contributed by atoms with E-state index in [2.05, 4.69) is 69.0 Å². The molecule has 0 fully saturated rings. The lowest BCUT2D eigenvalue weighted by molar-refractivity contribution is -0.890. The predicted octanol–water partition coefficient (Wildman–Crippen LogP) is 7.58. The van der Waals surface area contributed by atoms with Crippen molar-refractivity contribution in [2.75, 3.05) is 67.6 Å². The molecule has 0 spiro atoms. The number of likely N-dealkylation sites (N-methyl/N-ethyl adjacent to an activating group) is 2. The number of ether oxygens (including phenoxy) is 2. The van der Waals surface area contributed by atoms with Crippen LogP contribution in [0.3, 0.4) is 0 Å². The van der Waals surface area contributed by atoms with Crippen molar-refractivity contribution in [3.8, 4) is 0 Å². The molecule has 6 nitrogen and oxygen atoms in total. The average molecular weight is 603 g/mol. The van der Waals surface area contributed by atoms with Gasteiger partial charge >= 0.3 is 11.9 Å². The zero-order valence-electron chi connectivity index (χ0n) is 28.7. The zero-order valence-corrected chi connectivity index (χ0v) is 30.7. The van der Waals surface area contributed by atoms with Gasteiger partial charge in [0, 0.05) is 0 Å². The number of nitrogens with zero attached hydrogens (tertiary/aromatic N) is 2. The first-order valence-corrected chi connectivity index (χ1v) is 22.8. The number of rotatable bonds is 25. The Kier molecular flexibility index (Phi) is 19.9. The summed E-state index contributed by atoms with van der Waals surface area (Å²) in [7, 11) is 6.70. The van der Waals surface area contributed by atoms with E-state index in [9.17, 15) is 9.59 Å². The van der Waals surface area contributed by atoms with Crippen molar-refractivity contribution in [3.05, 3.63) is 0 Å². The number of hydrogen-bond donors (Lipinski definition) is 0. The largest absolute Gasteiger partial charge is 0.460 e. The highest BCUT2D eigenvalue weighted by Gasteiger charge is 2.27. The molecule has 0 N–H and O–H groups in total. The Bertz CT molecular complexity index is 630. The molecule has 0 aliphatic rings. The van der Waals surface area contributed by atoms with Gasteiger partial charge in [0.05, 0.1) is 70.3 Å². The summed E-state index contributed by atoms with van der Waals surface area (Å²) in [6.07, 6.45) is 7.93. The van der Waals surface area contributed by atoms with E-state index in [1.807, 2.05) is 0 Å². The molecule has 8 heteroatoms. The summed E-state index contributed by atoms with van der Waals surface area (Å²) in [5, 5.41) is 0. The minimum atomic E-state index is -1.10. The van der Waals surface area contributed by atoms with Gasteiger partial charge < -0.3 is 18.4 Å². The molecule has 0 heterocycles. The third-order valence-electron chi connectivity index (χ3n) is 8.95. The molecule has 0 radical (unpaired) electrons. The Balaban J connectivity index is 4.19. The van der Waals surface area contributed by atoms with E-state index < -0.39 is 16.1 Å². The fraction of sp³-hybridized carbons (Fsp3) is 0.938. The van der Waals surface area contributed by atoms with Gasteiger partial charge in [-0.1, -0.05) is 103 Å². The van der Waals surface area contributed by atoms with Crippen LogP contribution >= 0.6 is 0 Å². The number of carbonyl (C=O) groups excluding carboxylic acids is 2. The highest BCUT2D eigenvalue weighted by atomic mass is 28.3. The molecule has 0 amide bonds. The summed E-state index contributed by atoms with van der Waals surface area (Å²) in [6.45, 7) is 19.1. The minimum Gasteiger partial charge on any atom is -0.460 e. The van der Waals surface area contributed by atoms with Gasteiger partial charge in [0.1, 0.15) is 26.3 Å². The molecular weight excluding hydrogens is 533 g/mol. The third kappa shape index (κ3) is 19.4. The Morgan fingerprint density at radius 3 is 1.10 bits per heavy atom. The standard InChI is InChI=1S/C32H70N2O4Si2/c1-11-25-39(9,26-12-2)29-15-19-33(5,6)21-23-37-31(35)17-18-32(36)38-24-22-34(7,8)20-16-30-40(10,27-13-3)28-14-4/h11-30H2,1-10H3/q+2. The third-order valence-corrected chi connectivity index (χ3v) is 18.9. The van der Waals surface area contributed by atoms with E-state index in [-0.39, 0.29) is 24.8 Å². The molecule has 0 aliphatic heterocycles. The van der Waals surface area contributed by atoms with E-state index in [1.54, 1.807) is 0 Å². The van der Waals surface area contributed by atoms with Gasteiger partial charge in [0.2, 0.25) is 0 Å². The van der Waals surface area contributed by atoms with Crippen LogP contribution < -0.4 is 0 Å². The van der Waals surface area contributed by atoms with Crippen molar-refractivity contribution in [1.29, 1.82) is 0 Å². The van der Waals surface area contributed by atoms with Gasteiger partial charge in [-0.2, -0.15) is 0 Å². The summed E-state index contributed by atoms with van der Waals surface area (Å²) >= 11 is 0. The maximum Gasteiger partial charge on any atom is 0.306 e. The summed E-state index contributed by atoms with van der Waals surface area (Å²) < 4.78 is 12.7. The first kappa shape index (κ1) is 39.3. The van der Waals surface area contributed by atoms with Crippen molar-refractivity contribution in [3.63, 3.8) is 0 Å². The first-order chi connectivity index (χ1) is 18.7. The summed E-state index contributed by atoms with van der Waals surface area (Å²) in [6, 6.07) is 8.53. The van der Waals surface area contributed by atoms with Gasteiger partial charge in [-0.05, 0) is 12.8 Å². The molecule has 40 heavy (non-hydrogen) atoms. The molecule has 0 unspecified atom stereocenters. The average Bonchev–Trinajstić information content (AvgIpc) is 2.82. The number of esters is 2. The van der Waals surface area contributed by atoms with Crippen LogP contribution in [0.1, 0.15) is 79.1 Å². The van der Waals surface area contributed by atoms with Crippen LogP contribution in [-0.2, 0) is 19.1 Å². The fourth-order valence-corrected chi connectivity index (χ4v) is 14.8. The monoisotopic (exact) mass is 602 g/mol. The quantitative estimate of drug-likeness (QED) is 0.0614. The molecule has 0 aromatic heterocycles. The highest BCUT2D eigenvalue weighted by molar-refractivity contribution is 6.79. The second-order valence-electron chi connectivity index (χ2n) is 14.5. The van der Waals surface area contributed by atoms with Crippen LogP contribution in [0, 0.1) is 0 Å². The van der Waals surface area contributed by atoms with E-state index >= 15 is 0 Å². The van der Waals surface area contributed by atoms with Gasteiger partial charge in [-0.3, -0.25) is 9.59 Å². The van der Waals surface area contributed by atoms with Crippen molar-refractivity contribution in [2.45, 2.75) is 128 Å². The summed E-state index contributed by atoms with van der Waals surface area (Å²) in [4.78, 5) is 24.4. The van der Waals surface area contributed by atoms with E-state index in [0.717, 1.165) is 35.1 Å². The van der Waals surface area contributed by atoms with Gasteiger partial charge in [0.25, 0.3) is 0 Å². The topological polar surface area (TPSA) is 52.6 Å². The zero-order chi connectivity index (χ0) is 30.7. The van der Waals surface area contributed by atoms with Gasteiger partial charge in [0.15, 0.2) is 0 Å². The lowest BCUT2D eigenvalue weighted by Gasteiger charge is -2.32. The second kappa shape index (κ2) is 20.2. The fourth-order valence-electron chi connectivity index (χ4n) is 6.42. The summed E-state index contributed by atoms with van der Waals surface area (Å²) in [5.41, 5.74) is 0. The van der Waals surface area contributed by atoms with Gasteiger partial charge in [-0.25, -0.2) is 0 Å². The smallest absolute Gasteiger partial charge is 0.306 e. The number of hydrogen-bond acceptors (Lipinski definition) is 4. The highest BCUT2D eigenvalue weighted by Crippen LogP contribution is 2.27. The van der Waals surface area contributed by atoms with Crippen LogP contribution in [0.2, 0.25) is 49.4 Å². The van der Waals surface area contributed by atoms with Crippen molar-refractivity contribution >= 4 is 28.1 Å². The van der Waals surface area contributed by atoms with Crippen LogP contribution in [0.5, 0.6) is 0 Å². The Hall–Kier alpha value is -0.706. The molecule has 0 aliphatic carbocycles. The Morgan fingerprint density at radius 1 is 0.525 bits per heavy atom. The lowest BCUT2D eigenvalue weighted by atomic mass is 10.3. The maximum absolute atomic E-state index is 12.2. The molecule has 0 aromatic rings. The molecule has 0 rings (SSSR count). The number of carbonyl (C=O) groups is 2. The van der Waals surface area contributed by atoms with Crippen LogP contribution in [0.25, 0.3) is 0 Å². The SMILES string of the molecule is CCC[Si](C)(CCC)CCC[N+](C)(C)CCOC(=O)CCC(=O)OCC[N+](C)(C)CCC[Si](C)(CCC)CCC. The normalized spacial score (nSPS) is 12.9. The van der Waals surface area contributed by atoms with E-state index in [1.165, 1.54) is 74.8 Å². The molecule has 0 saturated heterocycles. The molecular formula is C32H70N2O4Si2+2. The maximum atomic E-state index is 12.2. The molecule has 0 bridgehead atoms. The van der Waals surface area contributed by atoms with Crippen LogP contribution in [0.4, 0.5) is 0 Å².